The van der Waals surface area contributed by atoms with E-state index in [1.807, 2.05) is 50.5 Å². The fraction of sp³-hybridized carbons (Fsp3) is 0.235. The Hall–Kier alpha value is -1.91. The highest BCUT2D eigenvalue weighted by Gasteiger charge is 2.14. The highest BCUT2D eigenvalue weighted by atomic mass is 32.1. The van der Waals surface area contributed by atoms with Gasteiger partial charge in [0.1, 0.15) is 0 Å². The number of hydrogen-bond donors (Lipinski definition) is 1. The molecule has 0 bridgehead atoms. The zero-order chi connectivity index (χ0) is 15.1. The van der Waals surface area contributed by atoms with E-state index in [0.29, 0.717) is 6.54 Å². The number of nitrogens with zero attached hydrogens (tertiary/aromatic N) is 1. The minimum atomic E-state index is -0.0686. The van der Waals surface area contributed by atoms with Gasteiger partial charge in [-0.05, 0) is 48.1 Å². The van der Waals surface area contributed by atoms with E-state index in [1.165, 1.54) is 5.56 Å². The van der Waals surface area contributed by atoms with Gasteiger partial charge in [-0.25, -0.2) is 0 Å². The van der Waals surface area contributed by atoms with Gasteiger partial charge in [0.05, 0.1) is 6.04 Å². The first-order valence-corrected chi connectivity index (χ1v) is 7.80. The monoisotopic (exact) mass is 300 g/mol. The van der Waals surface area contributed by atoms with Gasteiger partial charge in [-0.3, -0.25) is 4.79 Å². The number of likely N-dealkylation sites (N-methyl/N-ethyl adjacent to an activating group) is 1. The summed E-state index contributed by atoms with van der Waals surface area (Å²) in [5, 5.41) is 7.14. The number of carbonyl (C=O) groups excluding carboxylic acids is 1. The molecule has 0 saturated carbocycles. The summed E-state index contributed by atoms with van der Waals surface area (Å²) in [5.74, 6) is -0.0686. The van der Waals surface area contributed by atoms with Crippen molar-refractivity contribution >= 4 is 23.3 Å². The molecule has 0 saturated heterocycles. The van der Waals surface area contributed by atoms with E-state index in [9.17, 15) is 4.79 Å². The number of amides is 1. The Morgan fingerprint density at radius 3 is 2.67 bits per heavy atom. The zero-order valence-electron chi connectivity index (χ0n) is 12.3. The molecular weight excluding hydrogens is 280 g/mol. The van der Waals surface area contributed by atoms with Crippen LogP contribution in [0.4, 0.5) is 0 Å². The number of carbonyl (C=O) groups is 1. The number of hydrogen-bond acceptors (Lipinski definition) is 3. The van der Waals surface area contributed by atoms with E-state index in [4.69, 9.17) is 0 Å². The number of rotatable bonds is 6. The summed E-state index contributed by atoms with van der Waals surface area (Å²) >= 11 is 1.67. The summed E-state index contributed by atoms with van der Waals surface area (Å²) in [6, 6.07) is 12.1. The fourth-order valence-electron chi connectivity index (χ4n) is 2.06. The first-order chi connectivity index (χ1) is 10.2. The molecule has 4 heteroatoms. The van der Waals surface area contributed by atoms with Crippen LogP contribution in [0, 0.1) is 0 Å². The summed E-state index contributed by atoms with van der Waals surface area (Å²) in [5.41, 5.74) is 2.26. The maximum Gasteiger partial charge on any atom is 0.244 e. The first kappa shape index (κ1) is 15.5. The van der Waals surface area contributed by atoms with Crippen molar-refractivity contribution in [3.8, 4) is 0 Å². The second-order valence-electron chi connectivity index (χ2n) is 5.03. The fourth-order valence-corrected chi connectivity index (χ4v) is 2.76. The maximum atomic E-state index is 11.9. The molecule has 1 unspecified atom stereocenters. The second-order valence-corrected chi connectivity index (χ2v) is 5.81. The molecule has 1 N–H and O–H groups in total. The largest absolute Gasteiger partial charge is 0.351 e. The topological polar surface area (TPSA) is 32.3 Å². The van der Waals surface area contributed by atoms with Crippen LogP contribution in [-0.2, 0) is 4.79 Å². The van der Waals surface area contributed by atoms with Crippen molar-refractivity contribution in [3.05, 3.63) is 64.4 Å². The maximum absolute atomic E-state index is 11.9. The van der Waals surface area contributed by atoms with Crippen LogP contribution in [0.25, 0.3) is 6.08 Å². The summed E-state index contributed by atoms with van der Waals surface area (Å²) in [6.45, 7) is 0.599. The number of thiophene rings is 1. The standard InChI is InChI=1S/C17H20N2OS/c1-19(2)16(15-10-11-21-13-15)12-18-17(20)9-8-14-6-4-3-5-7-14/h3-11,13,16H,12H2,1-2H3,(H,18,20)/b9-8+. The quantitative estimate of drug-likeness (QED) is 0.831. The van der Waals surface area contributed by atoms with Crippen molar-refractivity contribution in [3.63, 3.8) is 0 Å². The first-order valence-electron chi connectivity index (χ1n) is 6.86. The minimum absolute atomic E-state index is 0.0686. The van der Waals surface area contributed by atoms with Crippen molar-refractivity contribution in [1.82, 2.24) is 10.2 Å². The normalized spacial score (nSPS) is 12.7. The van der Waals surface area contributed by atoms with E-state index in [-0.39, 0.29) is 11.9 Å². The molecule has 0 aliphatic rings. The highest BCUT2D eigenvalue weighted by molar-refractivity contribution is 7.07. The van der Waals surface area contributed by atoms with Gasteiger partial charge in [0, 0.05) is 12.6 Å². The van der Waals surface area contributed by atoms with Crippen LogP contribution < -0.4 is 5.32 Å². The van der Waals surface area contributed by atoms with Gasteiger partial charge in [0.2, 0.25) is 5.91 Å². The SMILES string of the molecule is CN(C)C(CNC(=O)/C=C/c1ccccc1)c1ccsc1. The zero-order valence-corrected chi connectivity index (χ0v) is 13.1. The minimum Gasteiger partial charge on any atom is -0.351 e. The van der Waals surface area contributed by atoms with Crippen molar-refractivity contribution in [2.24, 2.45) is 0 Å². The summed E-state index contributed by atoms with van der Waals surface area (Å²) in [4.78, 5) is 14.0. The Kier molecular flexibility index (Phi) is 5.72. The molecule has 0 fully saturated rings. The molecule has 0 aliphatic carbocycles. The van der Waals surface area contributed by atoms with E-state index < -0.39 is 0 Å². The van der Waals surface area contributed by atoms with Gasteiger partial charge in [-0.15, -0.1) is 0 Å². The average Bonchev–Trinajstić information content (AvgIpc) is 3.00. The third-order valence-corrected chi connectivity index (χ3v) is 3.95. The predicted octanol–water partition coefficient (Wildman–Crippen LogP) is 3.18. The Labute approximate surface area is 129 Å². The lowest BCUT2D eigenvalue weighted by atomic mass is 10.1. The Morgan fingerprint density at radius 2 is 2.05 bits per heavy atom. The van der Waals surface area contributed by atoms with Crippen LogP contribution in [0.2, 0.25) is 0 Å². The van der Waals surface area contributed by atoms with Crippen LogP contribution >= 0.6 is 11.3 Å². The van der Waals surface area contributed by atoms with Crippen LogP contribution in [-0.4, -0.2) is 31.4 Å². The predicted molar refractivity (Wildman–Crippen MR) is 89.2 cm³/mol. The lowest BCUT2D eigenvalue weighted by Crippen LogP contribution is -2.33. The van der Waals surface area contributed by atoms with Gasteiger partial charge >= 0.3 is 0 Å². The summed E-state index contributed by atoms with van der Waals surface area (Å²) in [7, 11) is 4.04. The number of nitrogens with one attached hydrogen (secondary N) is 1. The molecule has 0 spiro atoms. The molecule has 1 atom stereocenters. The molecule has 1 heterocycles. The van der Waals surface area contributed by atoms with Crippen LogP contribution in [0.5, 0.6) is 0 Å². The molecular formula is C17H20N2OS. The Bertz CT molecular complexity index is 576. The number of benzene rings is 1. The highest BCUT2D eigenvalue weighted by Crippen LogP contribution is 2.19. The Balaban J connectivity index is 1.89. The third-order valence-electron chi connectivity index (χ3n) is 3.25. The van der Waals surface area contributed by atoms with Gasteiger partial charge in [0.25, 0.3) is 0 Å². The molecule has 1 aromatic carbocycles. The van der Waals surface area contributed by atoms with Crippen molar-refractivity contribution in [2.75, 3.05) is 20.6 Å². The van der Waals surface area contributed by atoms with Crippen molar-refractivity contribution < 1.29 is 4.79 Å². The second kappa shape index (κ2) is 7.76. The van der Waals surface area contributed by atoms with Gasteiger partial charge in [-0.2, -0.15) is 11.3 Å². The van der Waals surface area contributed by atoms with Crippen LogP contribution in [0.1, 0.15) is 17.2 Å². The molecule has 110 valence electrons. The lowest BCUT2D eigenvalue weighted by Gasteiger charge is -2.23. The van der Waals surface area contributed by atoms with Gasteiger partial charge < -0.3 is 10.2 Å². The molecule has 2 rings (SSSR count). The molecule has 1 amide bonds. The van der Waals surface area contributed by atoms with Gasteiger partial charge in [-0.1, -0.05) is 30.3 Å². The van der Waals surface area contributed by atoms with Crippen molar-refractivity contribution in [1.29, 1.82) is 0 Å². The van der Waals surface area contributed by atoms with E-state index in [0.717, 1.165) is 5.56 Å². The lowest BCUT2D eigenvalue weighted by molar-refractivity contribution is -0.116. The Morgan fingerprint density at radius 1 is 1.29 bits per heavy atom. The molecule has 3 nitrogen and oxygen atoms in total. The van der Waals surface area contributed by atoms with Crippen LogP contribution in [0.15, 0.2) is 53.2 Å². The van der Waals surface area contributed by atoms with E-state index >= 15 is 0 Å². The van der Waals surface area contributed by atoms with E-state index in [2.05, 4.69) is 27.0 Å². The smallest absolute Gasteiger partial charge is 0.244 e. The molecule has 1 aromatic heterocycles. The average molecular weight is 300 g/mol. The third kappa shape index (κ3) is 4.85. The molecule has 2 aromatic rings. The molecule has 0 radical (unpaired) electrons. The van der Waals surface area contributed by atoms with Crippen LogP contribution in [0.3, 0.4) is 0 Å². The molecule has 21 heavy (non-hydrogen) atoms. The summed E-state index contributed by atoms with van der Waals surface area (Å²) in [6.07, 6.45) is 3.40. The summed E-state index contributed by atoms with van der Waals surface area (Å²) < 4.78 is 0. The van der Waals surface area contributed by atoms with Gasteiger partial charge in [0.15, 0.2) is 0 Å². The van der Waals surface area contributed by atoms with Crippen molar-refractivity contribution in [2.45, 2.75) is 6.04 Å². The van der Waals surface area contributed by atoms with E-state index in [1.54, 1.807) is 17.4 Å². The molecule has 0 aliphatic heterocycles.